The molecule has 2 aromatic rings. The summed E-state index contributed by atoms with van der Waals surface area (Å²) in [6, 6.07) is 17.0. The molecule has 0 aliphatic carbocycles. The number of hydrogen-bond acceptors (Lipinski definition) is 2. The van der Waals surface area contributed by atoms with Gasteiger partial charge in [-0.3, -0.25) is 0 Å². The highest BCUT2D eigenvalue weighted by atomic mass is 16.5. The van der Waals surface area contributed by atoms with Crippen LogP contribution in [0.2, 0.25) is 0 Å². The topological polar surface area (TPSA) is 18.5 Å². The summed E-state index contributed by atoms with van der Waals surface area (Å²) >= 11 is 0. The minimum Gasteiger partial charge on any atom is -0.380 e. The third-order valence-corrected chi connectivity index (χ3v) is 3.15. The fraction of sp³-hybridized carbons (Fsp3) is 0.294. The molecule has 0 unspecified atom stereocenters. The number of ether oxygens (including phenoxy) is 2. The Labute approximate surface area is 115 Å². The predicted molar refractivity (Wildman–Crippen MR) is 77.1 cm³/mol. The van der Waals surface area contributed by atoms with Crippen LogP contribution in [0.3, 0.4) is 0 Å². The summed E-state index contributed by atoms with van der Waals surface area (Å²) < 4.78 is 10.4. The molecule has 100 valence electrons. The van der Waals surface area contributed by atoms with Crippen molar-refractivity contribution in [2.24, 2.45) is 0 Å². The Bertz CT molecular complexity index is 503. The molecule has 2 rings (SSSR count). The van der Waals surface area contributed by atoms with Gasteiger partial charge in [-0.1, -0.05) is 48.5 Å². The van der Waals surface area contributed by atoms with Crippen LogP contribution in [0.15, 0.2) is 48.5 Å². The second kappa shape index (κ2) is 7.07. The molecule has 0 radical (unpaired) electrons. The first-order valence-electron chi connectivity index (χ1n) is 6.46. The lowest BCUT2D eigenvalue weighted by molar-refractivity contribution is 0.184. The van der Waals surface area contributed by atoms with Crippen molar-refractivity contribution >= 4 is 0 Å². The molecule has 0 saturated carbocycles. The van der Waals surface area contributed by atoms with E-state index in [1.165, 1.54) is 22.3 Å². The molecule has 0 heterocycles. The highest BCUT2D eigenvalue weighted by Gasteiger charge is 2.03. The minimum absolute atomic E-state index is 0.665. The zero-order valence-corrected chi connectivity index (χ0v) is 11.6. The Balaban J connectivity index is 2.12. The lowest BCUT2D eigenvalue weighted by Gasteiger charge is -2.09. The molecule has 0 aromatic heterocycles. The van der Waals surface area contributed by atoms with E-state index in [-0.39, 0.29) is 0 Å². The van der Waals surface area contributed by atoms with E-state index in [4.69, 9.17) is 9.47 Å². The van der Waals surface area contributed by atoms with Crippen molar-refractivity contribution in [2.75, 3.05) is 14.2 Å². The van der Waals surface area contributed by atoms with Crippen molar-refractivity contribution in [2.45, 2.75) is 19.6 Å². The second-order valence-corrected chi connectivity index (χ2v) is 4.63. The van der Waals surface area contributed by atoms with Gasteiger partial charge in [0.1, 0.15) is 0 Å². The molecule has 2 aromatic carbocycles. The molecule has 0 spiro atoms. The minimum atomic E-state index is 0.665. The summed E-state index contributed by atoms with van der Waals surface area (Å²) in [5.74, 6) is 0. The van der Waals surface area contributed by atoms with Crippen molar-refractivity contribution in [3.63, 3.8) is 0 Å². The maximum Gasteiger partial charge on any atom is 0.0715 e. The zero-order valence-electron chi connectivity index (χ0n) is 11.6. The largest absolute Gasteiger partial charge is 0.380 e. The highest BCUT2D eigenvalue weighted by molar-refractivity contribution is 5.33. The van der Waals surface area contributed by atoms with Crippen LogP contribution < -0.4 is 0 Å². The third kappa shape index (κ3) is 3.91. The first-order valence-corrected chi connectivity index (χ1v) is 6.46. The van der Waals surface area contributed by atoms with Crippen LogP contribution in [-0.4, -0.2) is 14.2 Å². The summed E-state index contributed by atoms with van der Waals surface area (Å²) in [5, 5.41) is 0. The van der Waals surface area contributed by atoms with Gasteiger partial charge in [-0.15, -0.1) is 0 Å². The lowest BCUT2D eigenvalue weighted by atomic mass is 9.99. The molecular formula is C17H20O2. The average Bonchev–Trinajstić information content (AvgIpc) is 2.44. The Morgan fingerprint density at radius 3 is 1.89 bits per heavy atom. The van der Waals surface area contributed by atoms with Crippen LogP contribution in [-0.2, 0) is 29.1 Å². The monoisotopic (exact) mass is 256 g/mol. The third-order valence-electron chi connectivity index (χ3n) is 3.15. The van der Waals surface area contributed by atoms with Crippen molar-refractivity contribution in [1.29, 1.82) is 0 Å². The SMILES string of the molecule is COCc1ccc(Cc2ccccc2COC)cc1. The van der Waals surface area contributed by atoms with Gasteiger partial charge in [0.15, 0.2) is 0 Å². The summed E-state index contributed by atoms with van der Waals surface area (Å²) in [5.41, 5.74) is 5.09. The molecule has 2 nitrogen and oxygen atoms in total. The number of rotatable bonds is 6. The van der Waals surface area contributed by atoms with Gasteiger partial charge in [0.25, 0.3) is 0 Å². The van der Waals surface area contributed by atoms with Gasteiger partial charge >= 0.3 is 0 Å². The average molecular weight is 256 g/mol. The van der Waals surface area contributed by atoms with E-state index in [9.17, 15) is 0 Å². The highest BCUT2D eigenvalue weighted by Crippen LogP contribution is 2.16. The molecule has 0 saturated heterocycles. The molecule has 0 fully saturated rings. The van der Waals surface area contributed by atoms with Crippen molar-refractivity contribution in [3.8, 4) is 0 Å². The Hall–Kier alpha value is -1.64. The molecule has 2 heteroatoms. The second-order valence-electron chi connectivity index (χ2n) is 4.63. The molecule has 0 bridgehead atoms. The van der Waals surface area contributed by atoms with Crippen LogP contribution in [0.4, 0.5) is 0 Å². The molecule has 0 atom stereocenters. The first-order chi connectivity index (χ1) is 9.33. The van der Waals surface area contributed by atoms with E-state index < -0.39 is 0 Å². The van der Waals surface area contributed by atoms with Gasteiger partial charge in [0.05, 0.1) is 13.2 Å². The smallest absolute Gasteiger partial charge is 0.0715 e. The van der Waals surface area contributed by atoms with Crippen LogP contribution >= 0.6 is 0 Å². The Morgan fingerprint density at radius 1 is 0.684 bits per heavy atom. The fourth-order valence-corrected chi connectivity index (χ4v) is 2.17. The van der Waals surface area contributed by atoms with E-state index in [1.807, 2.05) is 0 Å². The molecular weight excluding hydrogens is 236 g/mol. The maximum atomic E-state index is 5.24. The lowest BCUT2D eigenvalue weighted by Crippen LogP contribution is -1.97. The molecule has 0 amide bonds. The maximum absolute atomic E-state index is 5.24. The van der Waals surface area contributed by atoms with Crippen molar-refractivity contribution in [3.05, 3.63) is 70.8 Å². The Morgan fingerprint density at radius 2 is 1.26 bits per heavy atom. The van der Waals surface area contributed by atoms with E-state index in [2.05, 4.69) is 48.5 Å². The Kier molecular flexibility index (Phi) is 5.13. The number of hydrogen-bond donors (Lipinski definition) is 0. The van der Waals surface area contributed by atoms with Gasteiger partial charge in [0.2, 0.25) is 0 Å². The number of methoxy groups -OCH3 is 2. The van der Waals surface area contributed by atoms with Crippen LogP contribution in [0.25, 0.3) is 0 Å². The normalized spacial score (nSPS) is 10.6. The quantitative estimate of drug-likeness (QED) is 0.786. The predicted octanol–water partition coefficient (Wildman–Crippen LogP) is 3.57. The number of benzene rings is 2. The molecule has 0 aliphatic rings. The first kappa shape index (κ1) is 13.8. The van der Waals surface area contributed by atoms with Crippen LogP contribution in [0.1, 0.15) is 22.3 Å². The summed E-state index contributed by atoms with van der Waals surface area (Å²) in [6.07, 6.45) is 0.937. The van der Waals surface area contributed by atoms with Crippen LogP contribution in [0.5, 0.6) is 0 Å². The summed E-state index contributed by atoms with van der Waals surface area (Å²) in [7, 11) is 3.45. The van der Waals surface area contributed by atoms with Gasteiger partial charge in [-0.05, 0) is 28.7 Å². The van der Waals surface area contributed by atoms with Crippen molar-refractivity contribution < 1.29 is 9.47 Å². The zero-order chi connectivity index (χ0) is 13.5. The van der Waals surface area contributed by atoms with E-state index in [0.29, 0.717) is 13.2 Å². The summed E-state index contributed by atoms with van der Waals surface area (Å²) in [6.45, 7) is 1.33. The van der Waals surface area contributed by atoms with Crippen molar-refractivity contribution in [1.82, 2.24) is 0 Å². The molecule has 0 N–H and O–H groups in total. The van der Waals surface area contributed by atoms with Gasteiger partial charge in [0, 0.05) is 14.2 Å². The molecule has 19 heavy (non-hydrogen) atoms. The molecule has 0 aliphatic heterocycles. The van der Waals surface area contributed by atoms with Gasteiger partial charge in [-0.25, -0.2) is 0 Å². The van der Waals surface area contributed by atoms with Crippen LogP contribution in [0, 0.1) is 0 Å². The van der Waals surface area contributed by atoms with E-state index in [0.717, 1.165) is 6.42 Å². The van der Waals surface area contributed by atoms with Gasteiger partial charge < -0.3 is 9.47 Å². The van der Waals surface area contributed by atoms with E-state index >= 15 is 0 Å². The fourth-order valence-electron chi connectivity index (χ4n) is 2.17. The standard InChI is InChI=1S/C17H20O2/c1-18-12-15-9-7-14(8-10-15)11-16-5-3-4-6-17(16)13-19-2/h3-10H,11-13H2,1-2H3. The van der Waals surface area contributed by atoms with Gasteiger partial charge in [-0.2, -0.15) is 0 Å². The van der Waals surface area contributed by atoms with E-state index in [1.54, 1.807) is 14.2 Å². The summed E-state index contributed by atoms with van der Waals surface area (Å²) in [4.78, 5) is 0.